The summed E-state index contributed by atoms with van der Waals surface area (Å²) in [6.45, 7) is 11.8. The lowest BCUT2D eigenvalue weighted by molar-refractivity contribution is -0.444. The zero-order valence-corrected chi connectivity index (χ0v) is 16.4. The molecule has 0 aromatic heterocycles. The normalized spacial score (nSPS) is 16.6. The molecule has 25 heavy (non-hydrogen) atoms. The van der Waals surface area contributed by atoms with Crippen LogP contribution in [-0.2, 0) is 25.0 Å². The lowest BCUT2D eigenvalue weighted by Crippen LogP contribution is -2.28. The first-order valence-corrected chi connectivity index (χ1v) is 9.99. The van der Waals surface area contributed by atoms with E-state index in [1.54, 1.807) is 6.07 Å². The van der Waals surface area contributed by atoms with Crippen molar-refractivity contribution in [2.24, 2.45) is 0 Å². The summed E-state index contributed by atoms with van der Waals surface area (Å²) in [7, 11) is -4.47. The Kier molecular flexibility index (Phi) is 6.04. The molecule has 0 unspecified atom stereocenters. The summed E-state index contributed by atoms with van der Waals surface area (Å²) in [5.41, 5.74) is 2.55. The van der Waals surface area contributed by atoms with Gasteiger partial charge in [-0.05, 0) is 39.8 Å². The smallest absolute Gasteiger partial charge is 0.209 e. The van der Waals surface area contributed by atoms with Gasteiger partial charge in [0.1, 0.15) is 10.1 Å². The minimum Gasteiger partial charge on any atom is -0.744 e. The molecule has 1 heterocycles. The predicted molar refractivity (Wildman–Crippen MR) is 94.6 cm³/mol. The molecule has 6 nitrogen and oxygen atoms in total. The van der Waals surface area contributed by atoms with Gasteiger partial charge in [0.05, 0.1) is 16.7 Å². The van der Waals surface area contributed by atoms with Crippen molar-refractivity contribution in [3.8, 4) is 0 Å². The first-order valence-electron chi connectivity index (χ1n) is 8.58. The second-order valence-corrected chi connectivity index (χ2v) is 8.00. The van der Waals surface area contributed by atoms with Crippen LogP contribution in [0.1, 0.15) is 46.6 Å². The Hall–Kier alpha value is -1.28. The fourth-order valence-corrected chi connectivity index (χ4v) is 3.73. The fourth-order valence-electron chi connectivity index (χ4n) is 3.23. The van der Waals surface area contributed by atoms with E-state index in [0.717, 1.165) is 17.0 Å². The first-order chi connectivity index (χ1) is 11.6. The summed E-state index contributed by atoms with van der Waals surface area (Å²) < 4.78 is 47.4. The molecule has 1 aromatic rings. The van der Waals surface area contributed by atoms with Crippen molar-refractivity contribution in [2.75, 3.05) is 19.8 Å². The van der Waals surface area contributed by atoms with Gasteiger partial charge in [0.2, 0.25) is 5.69 Å². The van der Waals surface area contributed by atoms with Crippen LogP contribution in [0.15, 0.2) is 23.1 Å². The van der Waals surface area contributed by atoms with Crippen molar-refractivity contribution in [3.63, 3.8) is 0 Å². The number of hydrogen-bond acceptors (Lipinski definition) is 5. The maximum Gasteiger partial charge on any atom is 0.209 e. The van der Waals surface area contributed by atoms with Crippen LogP contribution in [0.25, 0.3) is 0 Å². The molecule has 0 atom stereocenters. The number of ether oxygens (including phenoxy) is 2. The van der Waals surface area contributed by atoms with Gasteiger partial charge in [-0.2, -0.15) is 4.58 Å². The molecule has 140 valence electrons. The molecule has 0 spiro atoms. The molecule has 0 saturated carbocycles. The molecule has 1 aliphatic heterocycles. The molecule has 0 amide bonds. The zero-order valence-electron chi connectivity index (χ0n) is 15.5. The summed E-state index contributed by atoms with van der Waals surface area (Å²) in [6.07, 6.45) is 0.423. The van der Waals surface area contributed by atoms with Gasteiger partial charge < -0.3 is 14.0 Å². The molecule has 7 heteroatoms. The van der Waals surface area contributed by atoms with Crippen LogP contribution >= 0.6 is 0 Å². The maximum atomic E-state index is 11.4. The van der Waals surface area contributed by atoms with Gasteiger partial charge in [0.15, 0.2) is 18.5 Å². The third-order valence-corrected chi connectivity index (χ3v) is 5.66. The van der Waals surface area contributed by atoms with E-state index in [-0.39, 0.29) is 16.6 Å². The highest BCUT2D eigenvalue weighted by atomic mass is 32.2. The number of rotatable bonds is 8. The second-order valence-electron chi connectivity index (χ2n) is 6.62. The molecular formula is C18H27NO5S. The van der Waals surface area contributed by atoms with E-state index in [1.165, 1.54) is 12.1 Å². The number of nitrogens with zero attached hydrogens (tertiary/aromatic N) is 1. The Balaban J connectivity index is 2.33. The van der Waals surface area contributed by atoms with Gasteiger partial charge in [-0.15, -0.1) is 0 Å². The topological polar surface area (TPSA) is 78.7 Å². The standard InChI is InChI=1S/C18H27NO5S/c1-6-23-17(24-7-2)10-11-19-13(3)18(4,5)15-12-14(25(20,21)22)8-9-16(15)19/h8-9,12,17H,6-7,10-11H2,1-5H3. The summed E-state index contributed by atoms with van der Waals surface area (Å²) in [4.78, 5) is -0.185. The van der Waals surface area contributed by atoms with Crippen LogP contribution < -0.4 is 0 Å². The number of benzene rings is 1. The van der Waals surface area contributed by atoms with Crippen molar-refractivity contribution in [2.45, 2.75) is 57.6 Å². The van der Waals surface area contributed by atoms with Gasteiger partial charge in [-0.25, -0.2) is 8.42 Å². The van der Waals surface area contributed by atoms with Gasteiger partial charge >= 0.3 is 0 Å². The van der Waals surface area contributed by atoms with Gasteiger partial charge in [-0.3, -0.25) is 0 Å². The fraction of sp³-hybridized carbons (Fsp3) is 0.611. The average molecular weight is 369 g/mol. The van der Waals surface area contributed by atoms with Crippen LogP contribution in [0.3, 0.4) is 0 Å². The van der Waals surface area contributed by atoms with E-state index in [1.807, 2.05) is 34.6 Å². The van der Waals surface area contributed by atoms with E-state index in [2.05, 4.69) is 4.58 Å². The molecule has 0 saturated heterocycles. The highest BCUT2D eigenvalue weighted by molar-refractivity contribution is 7.85. The Morgan fingerprint density at radius 3 is 2.32 bits per heavy atom. The maximum absolute atomic E-state index is 11.4. The van der Waals surface area contributed by atoms with Crippen LogP contribution in [-0.4, -0.2) is 49.3 Å². The van der Waals surface area contributed by atoms with Crippen LogP contribution in [0.5, 0.6) is 0 Å². The van der Waals surface area contributed by atoms with Gasteiger partial charge in [0.25, 0.3) is 0 Å². The molecule has 1 aliphatic rings. The van der Waals surface area contributed by atoms with Crippen LogP contribution in [0, 0.1) is 0 Å². The average Bonchev–Trinajstić information content (AvgIpc) is 2.72. The van der Waals surface area contributed by atoms with Gasteiger partial charge in [-0.1, -0.05) is 0 Å². The lowest BCUT2D eigenvalue weighted by Gasteiger charge is -2.16. The predicted octanol–water partition coefficient (Wildman–Crippen LogP) is 2.78. The van der Waals surface area contributed by atoms with E-state index in [9.17, 15) is 13.0 Å². The van der Waals surface area contributed by atoms with Crippen molar-refractivity contribution in [1.82, 2.24) is 0 Å². The van der Waals surface area contributed by atoms with E-state index in [0.29, 0.717) is 26.2 Å². The minimum atomic E-state index is -4.47. The van der Waals surface area contributed by atoms with E-state index in [4.69, 9.17) is 9.47 Å². The van der Waals surface area contributed by atoms with Crippen molar-refractivity contribution >= 4 is 21.5 Å². The van der Waals surface area contributed by atoms with Gasteiger partial charge in [0, 0.05) is 31.8 Å². The molecule has 0 aliphatic carbocycles. The minimum absolute atomic E-state index is 0.185. The largest absolute Gasteiger partial charge is 0.744 e. The molecule has 0 N–H and O–H groups in total. The molecule has 0 radical (unpaired) electrons. The summed E-state index contributed by atoms with van der Waals surface area (Å²) in [5.74, 6) is 0. The van der Waals surface area contributed by atoms with Crippen LogP contribution in [0.4, 0.5) is 5.69 Å². The highest BCUT2D eigenvalue weighted by Crippen LogP contribution is 2.40. The molecular weight excluding hydrogens is 342 g/mol. The molecule has 0 fully saturated rings. The quantitative estimate of drug-likeness (QED) is 0.400. The van der Waals surface area contributed by atoms with E-state index < -0.39 is 10.1 Å². The number of hydrogen-bond donors (Lipinski definition) is 0. The first kappa shape index (κ1) is 20.0. The Morgan fingerprint density at radius 1 is 1.20 bits per heavy atom. The molecule has 2 rings (SSSR count). The lowest BCUT2D eigenvalue weighted by atomic mass is 9.82. The molecule has 0 bridgehead atoms. The van der Waals surface area contributed by atoms with Crippen molar-refractivity contribution in [1.29, 1.82) is 0 Å². The monoisotopic (exact) mass is 369 g/mol. The summed E-state index contributed by atoms with van der Waals surface area (Å²) in [5, 5.41) is 0. The van der Waals surface area contributed by atoms with Crippen molar-refractivity contribution < 1.29 is 27.0 Å². The zero-order chi connectivity index (χ0) is 18.8. The van der Waals surface area contributed by atoms with E-state index >= 15 is 0 Å². The Labute approximate surface area is 150 Å². The Morgan fingerprint density at radius 2 is 1.80 bits per heavy atom. The summed E-state index contributed by atoms with van der Waals surface area (Å²) in [6, 6.07) is 4.60. The third-order valence-electron chi connectivity index (χ3n) is 4.82. The van der Waals surface area contributed by atoms with Crippen molar-refractivity contribution in [3.05, 3.63) is 23.8 Å². The molecule has 1 aromatic carbocycles. The number of fused-ring (bicyclic) bond motifs is 1. The van der Waals surface area contributed by atoms with Crippen LogP contribution in [0.2, 0.25) is 0 Å². The Bertz CT molecular complexity index is 762. The second kappa shape index (κ2) is 7.53. The SMILES string of the molecule is CCOC(CC[N+]1=C(C)C(C)(C)c2cc(S(=O)(=O)[O-])ccc21)OCC. The third kappa shape index (κ3) is 4.11. The highest BCUT2D eigenvalue weighted by Gasteiger charge is 2.43. The summed E-state index contributed by atoms with van der Waals surface area (Å²) >= 11 is 0.